The first-order valence-corrected chi connectivity index (χ1v) is 6.87. The van der Waals surface area contributed by atoms with Gasteiger partial charge < -0.3 is 9.84 Å². The van der Waals surface area contributed by atoms with Gasteiger partial charge in [0.05, 0.1) is 12.9 Å². The third-order valence-corrected chi connectivity index (χ3v) is 3.73. The Hall–Kier alpha value is -1.27. The van der Waals surface area contributed by atoms with Gasteiger partial charge in [0.15, 0.2) is 0 Å². The van der Waals surface area contributed by atoms with Gasteiger partial charge in [0.2, 0.25) is 10.0 Å². The maximum Gasteiger partial charge on any atom is 0.233 e. The van der Waals surface area contributed by atoms with Crippen molar-refractivity contribution < 1.29 is 18.3 Å². The van der Waals surface area contributed by atoms with Crippen molar-refractivity contribution in [3.63, 3.8) is 0 Å². The second-order valence-electron chi connectivity index (χ2n) is 3.90. The molecule has 1 rings (SSSR count). The molecule has 0 saturated carbocycles. The normalized spacial score (nSPS) is 13.1. The summed E-state index contributed by atoms with van der Waals surface area (Å²) >= 11 is 0. The molecule has 96 valence electrons. The van der Waals surface area contributed by atoms with Gasteiger partial charge in [-0.05, 0) is 30.2 Å². The topological polar surface area (TPSA) is 75.6 Å². The van der Waals surface area contributed by atoms with E-state index >= 15 is 0 Å². The Labute approximate surface area is 101 Å². The fourth-order valence-corrected chi connectivity index (χ4v) is 2.74. The molecule has 6 heteroatoms. The molecule has 0 spiro atoms. The molecule has 1 unspecified atom stereocenters. The molecule has 17 heavy (non-hydrogen) atoms. The monoisotopic (exact) mass is 259 g/mol. The van der Waals surface area contributed by atoms with Crippen molar-refractivity contribution >= 4 is 15.7 Å². The minimum Gasteiger partial charge on any atom is -0.497 e. The van der Waals surface area contributed by atoms with E-state index in [4.69, 9.17) is 9.84 Å². The van der Waals surface area contributed by atoms with Crippen LogP contribution in [0.15, 0.2) is 24.3 Å². The first-order valence-electron chi connectivity index (χ1n) is 5.22. The van der Waals surface area contributed by atoms with Crippen molar-refractivity contribution in [1.29, 1.82) is 0 Å². The van der Waals surface area contributed by atoms with Gasteiger partial charge in [-0.2, -0.15) is 0 Å². The van der Waals surface area contributed by atoms with E-state index in [1.165, 1.54) is 0 Å². The van der Waals surface area contributed by atoms with Crippen LogP contribution in [0.1, 0.15) is 6.92 Å². The molecule has 1 aromatic carbocycles. The van der Waals surface area contributed by atoms with E-state index in [0.29, 0.717) is 11.4 Å². The van der Waals surface area contributed by atoms with E-state index in [2.05, 4.69) is 4.72 Å². The third kappa shape index (κ3) is 4.62. The van der Waals surface area contributed by atoms with Crippen LogP contribution in [-0.2, 0) is 10.0 Å². The maximum absolute atomic E-state index is 11.7. The van der Waals surface area contributed by atoms with Gasteiger partial charge in [0.25, 0.3) is 0 Å². The minimum atomic E-state index is -3.42. The molecule has 0 aliphatic rings. The molecule has 2 N–H and O–H groups in total. The highest BCUT2D eigenvalue weighted by atomic mass is 32.2. The summed E-state index contributed by atoms with van der Waals surface area (Å²) in [6.45, 7) is 1.52. The van der Waals surface area contributed by atoms with E-state index in [-0.39, 0.29) is 18.3 Å². The number of rotatable bonds is 6. The first-order chi connectivity index (χ1) is 7.96. The number of benzene rings is 1. The Kier molecular flexibility index (Phi) is 4.77. The molecule has 0 aromatic heterocycles. The summed E-state index contributed by atoms with van der Waals surface area (Å²) in [6, 6.07) is 6.60. The lowest BCUT2D eigenvalue weighted by Gasteiger charge is -2.11. The summed E-state index contributed by atoms with van der Waals surface area (Å²) in [5, 5.41) is 8.82. The molecule has 0 amide bonds. The highest BCUT2D eigenvalue weighted by Crippen LogP contribution is 2.16. The quantitative estimate of drug-likeness (QED) is 0.801. The van der Waals surface area contributed by atoms with Crippen LogP contribution in [0.25, 0.3) is 0 Å². The molecule has 1 aromatic rings. The van der Waals surface area contributed by atoms with Gasteiger partial charge in [-0.25, -0.2) is 8.42 Å². The average Bonchev–Trinajstić information content (AvgIpc) is 2.28. The zero-order valence-electron chi connectivity index (χ0n) is 9.88. The van der Waals surface area contributed by atoms with E-state index in [1.54, 1.807) is 38.3 Å². The molecule has 0 bridgehead atoms. The lowest BCUT2D eigenvalue weighted by molar-refractivity contribution is 0.249. The highest BCUT2D eigenvalue weighted by Gasteiger charge is 2.14. The van der Waals surface area contributed by atoms with E-state index < -0.39 is 10.0 Å². The van der Waals surface area contributed by atoms with Gasteiger partial charge in [-0.1, -0.05) is 6.92 Å². The Morgan fingerprint density at radius 3 is 2.41 bits per heavy atom. The standard InChI is InChI=1S/C11H17NO4S/c1-9(7-13)8-17(14,15)12-10-3-5-11(16-2)6-4-10/h3-6,9,12-13H,7-8H2,1-2H3. The van der Waals surface area contributed by atoms with E-state index in [9.17, 15) is 8.42 Å². The minimum absolute atomic E-state index is 0.102. The van der Waals surface area contributed by atoms with Crippen molar-refractivity contribution in [3.8, 4) is 5.75 Å². The second kappa shape index (κ2) is 5.88. The molecule has 0 aliphatic heterocycles. The summed E-state index contributed by atoms with van der Waals surface area (Å²) in [5.74, 6) is 0.276. The number of aliphatic hydroxyl groups excluding tert-OH is 1. The zero-order valence-corrected chi connectivity index (χ0v) is 10.7. The molecular formula is C11H17NO4S. The largest absolute Gasteiger partial charge is 0.497 e. The van der Waals surface area contributed by atoms with Crippen molar-refractivity contribution in [2.45, 2.75) is 6.92 Å². The van der Waals surface area contributed by atoms with Crippen LogP contribution in [0.3, 0.4) is 0 Å². The van der Waals surface area contributed by atoms with Crippen LogP contribution >= 0.6 is 0 Å². The summed E-state index contributed by atoms with van der Waals surface area (Å²) in [4.78, 5) is 0. The van der Waals surface area contributed by atoms with E-state index in [1.807, 2.05) is 0 Å². The number of hydrogen-bond donors (Lipinski definition) is 2. The van der Waals surface area contributed by atoms with Crippen LogP contribution in [0.2, 0.25) is 0 Å². The van der Waals surface area contributed by atoms with Gasteiger partial charge in [0, 0.05) is 12.3 Å². The predicted molar refractivity (Wildman–Crippen MR) is 66.7 cm³/mol. The molecule has 0 radical (unpaired) electrons. The van der Waals surface area contributed by atoms with Crippen LogP contribution < -0.4 is 9.46 Å². The average molecular weight is 259 g/mol. The van der Waals surface area contributed by atoms with Crippen LogP contribution in [0.4, 0.5) is 5.69 Å². The molecule has 0 saturated heterocycles. The number of ether oxygens (including phenoxy) is 1. The van der Waals surface area contributed by atoms with Gasteiger partial charge in [0.1, 0.15) is 5.75 Å². The van der Waals surface area contributed by atoms with Crippen molar-refractivity contribution in [3.05, 3.63) is 24.3 Å². The van der Waals surface area contributed by atoms with Gasteiger partial charge in [-0.3, -0.25) is 4.72 Å². The number of aliphatic hydroxyl groups is 1. The van der Waals surface area contributed by atoms with Crippen LogP contribution in [0.5, 0.6) is 5.75 Å². The lowest BCUT2D eigenvalue weighted by Crippen LogP contribution is -2.23. The van der Waals surface area contributed by atoms with Gasteiger partial charge >= 0.3 is 0 Å². The molecule has 0 heterocycles. The van der Waals surface area contributed by atoms with Crippen molar-refractivity contribution in [2.75, 3.05) is 24.2 Å². The van der Waals surface area contributed by atoms with E-state index in [0.717, 1.165) is 0 Å². The van der Waals surface area contributed by atoms with Crippen molar-refractivity contribution in [2.24, 2.45) is 5.92 Å². The molecule has 0 aliphatic carbocycles. The summed E-state index contributed by atoms with van der Waals surface area (Å²) in [5.41, 5.74) is 0.482. The zero-order chi connectivity index (χ0) is 12.9. The number of nitrogens with one attached hydrogen (secondary N) is 1. The van der Waals surface area contributed by atoms with Gasteiger partial charge in [-0.15, -0.1) is 0 Å². The SMILES string of the molecule is COc1ccc(NS(=O)(=O)CC(C)CO)cc1. The Bertz CT molecular complexity index is 441. The predicted octanol–water partition coefficient (Wildman–Crippen LogP) is 1.07. The lowest BCUT2D eigenvalue weighted by atomic mass is 10.2. The third-order valence-electron chi connectivity index (χ3n) is 2.18. The highest BCUT2D eigenvalue weighted by molar-refractivity contribution is 7.92. The first kappa shape index (κ1) is 13.8. The molecule has 1 atom stereocenters. The number of methoxy groups -OCH3 is 1. The maximum atomic E-state index is 11.7. The second-order valence-corrected chi connectivity index (χ2v) is 5.67. The summed E-state index contributed by atoms with van der Waals surface area (Å²) in [7, 11) is -1.87. The summed E-state index contributed by atoms with van der Waals surface area (Å²) in [6.07, 6.45) is 0. The van der Waals surface area contributed by atoms with Crippen LogP contribution in [0, 0.1) is 5.92 Å². The number of sulfonamides is 1. The molecular weight excluding hydrogens is 242 g/mol. The molecule has 5 nitrogen and oxygen atoms in total. The van der Waals surface area contributed by atoms with Crippen LogP contribution in [-0.4, -0.2) is 33.0 Å². The summed E-state index contributed by atoms with van der Waals surface area (Å²) < 4.78 is 30.8. The smallest absolute Gasteiger partial charge is 0.233 e. The molecule has 0 fully saturated rings. The van der Waals surface area contributed by atoms with Crippen molar-refractivity contribution in [1.82, 2.24) is 0 Å². The Morgan fingerprint density at radius 1 is 1.35 bits per heavy atom. The Morgan fingerprint density at radius 2 is 1.94 bits per heavy atom. The number of anilines is 1. The fourth-order valence-electron chi connectivity index (χ4n) is 1.31. The fraction of sp³-hybridized carbons (Fsp3) is 0.455. The Balaban J connectivity index is 2.69. The number of hydrogen-bond acceptors (Lipinski definition) is 4.